The van der Waals surface area contributed by atoms with Gasteiger partial charge in [-0.05, 0) is 43.9 Å². The Kier molecular flexibility index (Phi) is 1.72. The monoisotopic (exact) mass is 165 g/mol. The largest absolute Gasteiger partial charge is 0.466 e. The molecule has 1 fully saturated rings. The van der Waals surface area contributed by atoms with Crippen LogP contribution in [0.25, 0.3) is 0 Å². The molecular formula is C10H15NO. The second-order valence-electron chi connectivity index (χ2n) is 3.89. The molecule has 0 aliphatic heterocycles. The van der Waals surface area contributed by atoms with Gasteiger partial charge in [0.05, 0.1) is 0 Å². The van der Waals surface area contributed by atoms with Gasteiger partial charge in [-0.1, -0.05) is 0 Å². The highest BCUT2D eigenvalue weighted by Gasteiger charge is 2.41. The van der Waals surface area contributed by atoms with E-state index in [9.17, 15) is 0 Å². The number of aryl methyl sites for hydroxylation is 1. The molecule has 0 amide bonds. The maximum atomic E-state index is 5.68. The molecule has 2 nitrogen and oxygen atoms in total. The van der Waals surface area contributed by atoms with Gasteiger partial charge in [0.15, 0.2) is 0 Å². The number of nitrogens with two attached hydrogens (primary N) is 1. The summed E-state index contributed by atoms with van der Waals surface area (Å²) in [5.74, 6) is 2.09. The van der Waals surface area contributed by atoms with Gasteiger partial charge in [0.25, 0.3) is 0 Å². The molecule has 0 bridgehead atoms. The number of rotatable bonds is 3. The van der Waals surface area contributed by atoms with Crippen molar-refractivity contribution in [3.63, 3.8) is 0 Å². The minimum absolute atomic E-state index is 0.393. The second kappa shape index (κ2) is 2.63. The Morgan fingerprint density at radius 2 is 2.25 bits per heavy atom. The topological polar surface area (TPSA) is 39.2 Å². The van der Waals surface area contributed by atoms with E-state index in [2.05, 4.69) is 6.07 Å². The average molecular weight is 165 g/mol. The normalized spacial score (nSPS) is 19.5. The van der Waals surface area contributed by atoms with Crippen LogP contribution in [0, 0.1) is 12.3 Å². The molecule has 1 heterocycles. The van der Waals surface area contributed by atoms with Crippen molar-refractivity contribution in [3.05, 3.63) is 23.7 Å². The Morgan fingerprint density at radius 3 is 2.67 bits per heavy atom. The van der Waals surface area contributed by atoms with Crippen molar-refractivity contribution in [3.8, 4) is 0 Å². The van der Waals surface area contributed by atoms with Crippen LogP contribution in [-0.4, -0.2) is 6.54 Å². The molecule has 2 rings (SSSR count). The Morgan fingerprint density at radius 1 is 1.50 bits per heavy atom. The third kappa shape index (κ3) is 1.39. The minimum atomic E-state index is 0.393. The number of hydrogen-bond donors (Lipinski definition) is 1. The van der Waals surface area contributed by atoms with E-state index in [1.54, 1.807) is 0 Å². The summed E-state index contributed by atoms with van der Waals surface area (Å²) in [6.07, 6.45) is 3.56. The summed E-state index contributed by atoms with van der Waals surface area (Å²) in [4.78, 5) is 0. The summed E-state index contributed by atoms with van der Waals surface area (Å²) in [5, 5.41) is 0. The molecule has 0 radical (unpaired) electrons. The van der Waals surface area contributed by atoms with Crippen LogP contribution >= 0.6 is 0 Å². The first-order valence-electron chi connectivity index (χ1n) is 4.49. The Labute approximate surface area is 72.7 Å². The van der Waals surface area contributed by atoms with Crippen molar-refractivity contribution in [2.24, 2.45) is 11.1 Å². The summed E-state index contributed by atoms with van der Waals surface area (Å²) in [6, 6.07) is 4.08. The fourth-order valence-corrected chi connectivity index (χ4v) is 1.58. The van der Waals surface area contributed by atoms with E-state index in [0.717, 1.165) is 24.5 Å². The SMILES string of the molecule is Cc1ccc(CC2(CN)CC2)o1. The van der Waals surface area contributed by atoms with Crippen molar-refractivity contribution in [2.75, 3.05) is 6.54 Å². The van der Waals surface area contributed by atoms with E-state index >= 15 is 0 Å². The van der Waals surface area contributed by atoms with Gasteiger partial charge in [0, 0.05) is 6.42 Å². The molecule has 12 heavy (non-hydrogen) atoms. The van der Waals surface area contributed by atoms with E-state index < -0.39 is 0 Å². The third-order valence-electron chi connectivity index (χ3n) is 2.74. The van der Waals surface area contributed by atoms with Gasteiger partial charge in [0.1, 0.15) is 11.5 Å². The predicted molar refractivity (Wildman–Crippen MR) is 47.9 cm³/mol. The lowest BCUT2D eigenvalue weighted by molar-refractivity contribution is 0.418. The fraction of sp³-hybridized carbons (Fsp3) is 0.600. The summed E-state index contributed by atoms with van der Waals surface area (Å²) >= 11 is 0. The highest BCUT2D eigenvalue weighted by molar-refractivity contribution is 5.11. The molecule has 0 spiro atoms. The molecule has 2 heteroatoms. The molecule has 1 saturated carbocycles. The van der Waals surface area contributed by atoms with Gasteiger partial charge in [0.2, 0.25) is 0 Å². The lowest BCUT2D eigenvalue weighted by atomic mass is 10.0. The molecule has 1 aliphatic rings. The van der Waals surface area contributed by atoms with Crippen LogP contribution in [0.1, 0.15) is 24.4 Å². The first-order chi connectivity index (χ1) is 5.74. The standard InChI is InChI=1S/C10H15NO/c1-8-2-3-9(12-8)6-10(7-11)4-5-10/h2-3H,4-7,11H2,1H3. The van der Waals surface area contributed by atoms with Gasteiger partial charge in [-0.3, -0.25) is 0 Å². The first kappa shape index (κ1) is 7.87. The van der Waals surface area contributed by atoms with Gasteiger partial charge in [-0.15, -0.1) is 0 Å². The maximum absolute atomic E-state index is 5.68. The Balaban J connectivity index is 2.04. The van der Waals surface area contributed by atoms with Crippen molar-refractivity contribution in [1.29, 1.82) is 0 Å². The number of hydrogen-bond acceptors (Lipinski definition) is 2. The van der Waals surface area contributed by atoms with E-state index in [4.69, 9.17) is 10.2 Å². The lowest BCUT2D eigenvalue weighted by Gasteiger charge is -2.08. The molecule has 0 aromatic carbocycles. The van der Waals surface area contributed by atoms with Crippen LogP contribution in [0.15, 0.2) is 16.5 Å². The zero-order chi connectivity index (χ0) is 8.60. The molecule has 0 atom stereocenters. The van der Waals surface area contributed by atoms with Gasteiger partial charge >= 0.3 is 0 Å². The molecule has 1 aromatic rings. The molecule has 1 aromatic heterocycles. The minimum Gasteiger partial charge on any atom is -0.466 e. The molecule has 66 valence electrons. The van der Waals surface area contributed by atoms with Crippen molar-refractivity contribution < 1.29 is 4.42 Å². The highest BCUT2D eigenvalue weighted by Crippen LogP contribution is 2.47. The van der Waals surface area contributed by atoms with Gasteiger partial charge in [-0.2, -0.15) is 0 Å². The number of furan rings is 1. The Hall–Kier alpha value is -0.760. The molecule has 2 N–H and O–H groups in total. The average Bonchev–Trinajstić information content (AvgIpc) is 2.71. The molecule has 1 aliphatic carbocycles. The van der Waals surface area contributed by atoms with Crippen LogP contribution in [0.3, 0.4) is 0 Å². The fourth-order valence-electron chi connectivity index (χ4n) is 1.58. The van der Waals surface area contributed by atoms with Crippen LogP contribution in [-0.2, 0) is 6.42 Å². The van der Waals surface area contributed by atoms with Crippen LogP contribution < -0.4 is 5.73 Å². The van der Waals surface area contributed by atoms with Crippen LogP contribution in [0.4, 0.5) is 0 Å². The van der Waals surface area contributed by atoms with Gasteiger partial charge in [-0.25, -0.2) is 0 Å². The lowest BCUT2D eigenvalue weighted by Crippen LogP contribution is -2.17. The summed E-state index contributed by atoms with van der Waals surface area (Å²) < 4.78 is 5.51. The predicted octanol–water partition coefficient (Wildman–Crippen LogP) is 1.87. The van der Waals surface area contributed by atoms with Crippen molar-refractivity contribution in [1.82, 2.24) is 0 Å². The summed E-state index contributed by atoms with van der Waals surface area (Å²) in [7, 11) is 0. The maximum Gasteiger partial charge on any atom is 0.104 e. The quantitative estimate of drug-likeness (QED) is 0.742. The van der Waals surface area contributed by atoms with Crippen molar-refractivity contribution >= 4 is 0 Å². The first-order valence-corrected chi connectivity index (χ1v) is 4.49. The summed E-state index contributed by atoms with van der Waals surface area (Å²) in [5.41, 5.74) is 6.07. The van der Waals surface area contributed by atoms with E-state index in [0.29, 0.717) is 5.41 Å². The van der Waals surface area contributed by atoms with E-state index in [1.807, 2.05) is 13.0 Å². The van der Waals surface area contributed by atoms with Gasteiger partial charge < -0.3 is 10.2 Å². The molecule has 0 saturated heterocycles. The third-order valence-corrected chi connectivity index (χ3v) is 2.74. The van der Waals surface area contributed by atoms with E-state index in [-0.39, 0.29) is 0 Å². The highest BCUT2D eigenvalue weighted by atomic mass is 16.3. The zero-order valence-corrected chi connectivity index (χ0v) is 7.47. The Bertz CT molecular complexity index is 273. The summed E-state index contributed by atoms with van der Waals surface area (Å²) in [6.45, 7) is 2.78. The zero-order valence-electron chi connectivity index (χ0n) is 7.47. The van der Waals surface area contributed by atoms with Crippen LogP contribution in [0.5, 0.6) is 0 Å². The van der Waals surface area contributed by atoms with E-state index in [1.165, 1.54) is 12.8 Å². The molecule has 0 unspecified atom stereocenters. The smallest absolute Gasteiger partial charge is 0.104 e. The second-order valence-corrected chi connectivity index (χ2v) is 3.89. The molecular weight excluding hydrogens is 150 g/mol. The van der Waals surface area contributed by atoms with Crippen molar-refractivity contribution in [2.45, 2.75) is 26.2 Å². The van der Waals surface area contributed by atoms with Crippen LogP contribution in [0.2, 0.25) is 0 Å².